The summed E-state index contributed by atoms with van der Waals surface area (Å²) in [7, 11) is 0. The molecule has 12 nitrogen and oxygen atoms in total. The fraction of sp³-hybridized carbons (Fsp3) is 0.520. The number of aromatic nitrogens is 1. The number of carbonyl (C=O) groups is 4. The molecule has 12 heteroatoms. The van der Waals surface area contributed by atoms with Crippen molar-refractivity contribution in [2.45, 2.75) is 62.7 Å². The summed E-state index contributed by atoms with van der Waals surface area (Å²) in [5.74, 6) is -3.01. The van der Waals surface area contributed by atoms with E-state index in [-0.39, 0.29) is 19.4 Å². The lowest BCUT2D eigenvalue weighted by Crippen LogP contribution is -2.58. The van der Waals surface area contributed by atoms with Crippen LogP contribution < -0.4 is 22.1 Å². The van der Waals surface area contributed by atoms with E-state index < -0.39 is 54.5 Å². The number of H-pyrrole nitrogens is 1. The maximum Gasteiger partial charge on any atom is 0.326 e. The highest BCUT2D eigenvalue weighted by Crippen LogP contribution is 2.20. The smallest absolute Gasteiger partial charge is 0.326 e. The Balaban J connectivity index is 1.66. The summed E-state index contributed by atoms with van der Waals surface area (Å²) in [5.41, 5.74) is 13.5. The van der Waals surface area contributed by atoms with Crippen molar-refractivity contribution in [1.82, 2.24) is 20.5 Å². The van der Waals surface area contributed by atoms with Crippen molar-refractivity contribution in [2.24, 2.45) is 11.5 Å². The molecule has 1 aromatic heterocycles. The second-order valence-corrected chi connectivity index (χ2v) is 9.29. The van der Waals surface area contributed by atoms with E-state index >= 15 is 0 Å². The number of benzene rings is 1. The van der Waals surface area contributed by atoms with Gasteiger partial charge in [0.2, 0.25) is 17.7 Å². The third-order valence-electron chi connectivity index (χ3n) is 6.65. The average Bonchev–Trinajstić information content (AvgIpc) is 3.54. The summed E-state index contributed by atoms with van der Waals surface area (Å²) in [6.07, 6.45) is 4.28. The number of likely N-dealkylation sites (tertiary alicyclic amines) is 1. The van der Waals surface area contributed by atoms with Crippen LogP contribution in [-0.4, -0.2) is 87.7 Å². The van der Waals surface area contributed by atoms with E-state index in [9.17, 15) is 29.4 Å². The molecule has 37 heavy (non-hydrogen) atoms. The number of aliphatic hydroxyl groups is 1. The minimum atomic E-state index is -1.33. The summed E-state index contributed by atoms with van der Waals surface area (Å²) in [5, 5.41) is 25.3. The Morgan fingerprint density at radius 1 is 1.11 bits per heavy atom. The first-order valence-corrected chi connectivity index (χ1v) is 12.5. The van der Waals surface area contributed by atoms with Crippen LogP contribution in [0.4, 0.5) is 0 Å². The number of nitrogens with two attached hydrogens (primary N) is 2. The zero-order valence-corrected chi connectivity index (χ0v) is 20.7. The Bertz CT molecular complexity index is 1100. The van der Waals surface area contributed by atoms with Gasteiger partial charge in [0.05, 0.1) is 12.6 Å². The fourth-order valence-corrected chi connectivity index (χ4v) is 4.62. The van der Waals surface area contributed by atoms with Gasteiger partial charge in [-0.15, -0.1) is 0 Å². The van der Waals surface area contributed by atoms with Gasteiger partial charge in [-0.2, -0.15) is 0 Å². The highest BCUT2D eigenvalue weighted by molar-refractivity contribution is 5.94. The van der Waals surface area contributed by atoms with E-state index in [2.05, 4.69) is 15.6 Å². The predicted molar refractivity (Wildman–Crippen MR) is 136 cm³/mol. The molecule has 0 aliphatic carbocycles. The molecule has 2 heterocycles. The Hall–Kier alpha value is -3.48. The van der Waals surface area contributed by atoms with Gasteiger partial charge in [0, 0.05) is 23.6 Å². The molecule has 0 saturated carbocycles. The Labute approximate surface area is 214 Å². The number of nitrogens with one attached hydrogen (secondary N) is 3. The number of fused-ring (bicyclic) bond motifs is 1. The Kier molecular flexibility index (Phi) is 10.0. The van der Waals surface area contributed by atoms with Gasteiger partial charge in [0.1, 0.15) is 18.1 Å². The monoisotopic (exact) mass is 516 g/mol. The molecule has 1 aliphatic rings. The summed E-state index contributed by atoms with van der Waals surface area (Å²) in [6, 6.07) is 3.36. The van der Waals surface area contributed by atoms with Crippen LogP contribution in [0.1, 0.15) is 37.7 Å². The Morgan fingerprint density at radius 3 is 2.54 bits per heavy atom. The third-order valence-corrected chi connectivity index (χ3v) is 6.65. The van der Waals surface area contributed by atoms with Crippen molar-refractivity contribution in [2.75, 3.05) is 19.7 Å². The number of aliphatic carboxylic acids is 1. The number of hydrogen-bond acceptors (Lipinski definition) is 7. The molecule has 0 radical (unpaired) electrons. The molecular weight excluding hydrogens is 480 g/mol. The Morgan fingerprint density at radius 2 is 1.84 bits per heavy atom. The van der Waals surface area contributed by atoms with Crippen molar-refractivity contribution < 1.29 is 29.4 Å². The number of carbonyl (C=O) groups excluding carboxylic acids is 3. The quantitative estimate of drug-likeness (QED) is 0.168. The van der Waals surface area contributed by atoms with Crippen LogP contribution in [0.25, 0.3) is 10.9 Å². The van der Waals surface area contributed by atoms with Crippen molar-refractivity contribution >= 4 is 34.6 Å². The first kappa shape index (κ1) is 28.1. The summed E-state index contributed by atoms with van der Waals surface area (Å²) < 4.78 is 0. The molecular formula is C25H36N6O6. The van der Waals surface area contributed by atoms with E-state index in [4.69, 9.17) is 11.5 Å². The lowest BCUT2D eigenvalue weighted by atomic mass is 10.0. The van der Waals surface area contributed by atoms with Crippen LogP contribution in [0, 0.1) is 0 Å². The van der Waals surface area contributed by atoms with Gasteiger partial charge in [0.15, 0.2) is 0 Å². The highest BCUT2D eigenvalue weighted by atomic mass is 16.4. The van der Waals surface area contributed by atoms with Crippen LogP contribution in [0.2, 0.25) is 0 Å². The van der Waals surface area contributed by atoms with E-state index in [1.54, 1.807) is 6.20 Å². The van der Waals surface area contributed by atoms with Crippen molar-refractivity contribution in [3.05, 3.63) is 36.0 Å². The maximum atomic E-state index is 13.1. The third kappa shape index (κ3) is 7.06. The SMILES string of the molecule is NCCCCC(NC(=O)C(N)Cc1c[nH]c2ccccc12)C(=O)NC(CO)C(=O)N1CCCC1C(=O)O. The molecule has 1 aliphatic heterocycles. The lowest BCUT2D eigenvalue weighted by Gasteiger charge is -2.28. The lowest BCUT2D eigenvalue weighted by molar-refractivity contribution is -0.150. The largest absolute Gasteiger partial charge is 0.480 e. The minimum absolute atomic E-state index is 0.224. The standard InChI is InChI=1S/C25H36N6O6/c26-10-4-3-8-19(23(34)30-20(14-32)24(35)31-11-5-9-21(31)25(36)37)29-22(33)17(27)12-15-13-28-18-7-2-1-6-16(15)18/h1-2,6-7,13,17,19-21,28,32H,3-5,8-12,14,26-27H2,(H,29,33)(H,30,34)(H,36,37). The van der Waals surface area contributed by atoms with E-state index in [1.807, 2.05) is 24.3 Å². The summed E-state index contributed by atoms with van der Waals surface area (Å²) in [4.78, 5) is 54.7. The number of unbranched alkanes of at least 4 members (excludes halogenated alkanes) is 1. The summed E-state index contributed by atoms with van der Waals surface area (Å²) >= 11 is 0. The summed E-state index contributed by atoms with van der Waals surface area (Å²) in [6.45, 7) is -0.0792. The molecule has 3 amide bonds. The molecule has 1 aromatic carbocycles. The van der Waals surface area contributed by atoms with Crippen LogP contribution in [0.3, 0.4) is 0 Å². The number of para-hydroxylation sites is 1. The van der Waals surface area contributed by atoms with Gasteiger partial charge in [-0.25, -0.2) is 4.79 Å². The minimum Gasteiger partial charge on any atom is -0.480 e. The predicted octanol–water partition coefficient (Wildman–Crippen LogP) is -0.796. The van der Waals surface area contributed by atoms with Crippen LogP contribution >= 0.6 is 0 Å². The maximum absolute atomic E-state index is 13.1. The molecule has 1 saturated heterocycles. The van der Waals surface area contributed by atoms with Crippen LogP contribution in [-0.2, 0) is 25.6 Å². The molecule has 0 spiro atoms. The number of hydrogen-bond donors (Lipinski definition) is 7. The first-order valence-electron chi connectivity index (χ1n) is 12.5. The number of nitrogens with zero attached hydrogens (tertiary/aromatic N) is 1. The number of carboxylic acids is 1. The fourth-order valence-electron chi connectivity index (χ4n) is 4.62. The van der Waals surface area contributed by atoms with Gasteiger partial charge in [-0.3, -0.25) is 14.4 Å². The van der Waals surface area contributed by atoms with Crippen molar-refractivity contribution in [1.29, 1.82) is 0 Å². The van der Waals surface area contributed by atoms with Crippen molar-refractivity contribution in [3.63, 3.8) is 0 Å². The normalized spacial score (nSPS) is 17.8. The van der Waals surface area contributed by atoms with E-state index in [0.29, 0.717) is 32.2 Å². The number of carboxylic acid groups (broad SMARTS) is 1. The molecule has 202 valence electrons. The second kappa shape index (κ2) is 13.2. The number of aromatic amines is 1. The van der Waals surface area contributed by atoms with Gasteiger partial charge in [-0.05, 0) is 56.7 Å². The number of rotatable bonds is 13. The molecule has 2 aromatic rings. The molecule has 9 N–H and O–H groups in total. The second-order valence-electron chi connectivity index (χ2n) is 9.29. The molecule has 4 atom stereocenters. The molecule has 0 bridgehead atoms. The first-order chi connectivity index (χ1) is 17.8. The van der Waals surface area contributed by atoms with Gasteiger partial charge in [0.25, 0.3) is 0 Å². The number of amides is 3. The van der Waals surface area contributed by atoms with Crippen LogP contribution in [0.5, 0.6) is 0 Å². The number of aliphatic hydroxyl groups excluding tert-OH is 1. The molecule has 3 rings (SSSR count). The molecule has 4 unspecified atom stereocenters. The van der Waals surface area contributed by atoms with E-state index in [1.165, 1.54) is 0 Å². The van der Waals surface area contributed by atoms with Gasteiger partial charge < -0.3 is 42.2 Å². The van der Waals surface area contributed by atoms with Crippen molar-refractivity contribution in [3.8, 4) is 0 Å². The zero-order valence-electron chi connectivity index (χ0n) is 20.7. The van der Waals surface area contributed by atoms with Gasteiger partial charge in [-0.1, -0.05) is 18.2 Å². The average molecular weight is 517 g/mol. The highest BCUT2D eigenvalue weighted by Gasteiger charge is 2.38. The topological polar surface area (TPSA) is 204 Å². The van der Waals surface area contributed by atoms with Crippen LogP contribution in [0.15, 0.2) is 30.5 Å². The van der Waals surface area contributed by atoms with E-state index in [0.717, 1.165) is 21.4 Å². The zero-order chi connectivity index (χ0) is 26.9. The van der Waals surface area contributed by atoms with Gasteiger partial charge >= 0.3 is 5.97 Å². The molecule has 1 fully saturated rings.